The molecule has 0 spiro atoms. The molecule has 1 fully saturated rings. The number of alkyl halides is 2. The van der Waals surface area contributed by atoms with Crippen LogP contribution in [-0.4, -0.2) is 17.6 Å². The number of oxazole rings is 1. The summed E-state index contributed by atoms with van der Waals surface area (Å²) in [6, 6.07) is 3.17. The van der Waals surface area contributed by atoms with Crippen molar-refractivity contribution in [2.24, 2.45) is 0 Å². The summed E-state index contributed by atoms with van der Waals surface area (Å²) in [6.07, 6.45) is 2.18. The third-order valence-corrected chi connectivity index (χ3v) is 3.55. The van der Waals surface area contributed by atoms with Gasteiger partial charge in [-0.25, -0.2) is 4.79 Å². The Balaban J connectivity index is 1.99. The van der Waals surface area contributed by atoms with Crippen molar-refractivity contribution in [2.75, 3.05) is 6.54 Å². The van der Waals surface area contributed by atoms with Gasteiger partial charge in [-0.3, -0.25) is 4.98 Å². The van der Waals surface area contributed by atoms with Gasteiger partial charge in [-0.2, -0.15) is 8.78 Å². The van der Waals surface area contributed by atoms with E-state index in [1.807, 2.05) is 0 Å². The summed E-state index contributed by atoms with van der Waals surface area (Å²) in [4.78, 5) is 13.5. The molecule has 0 saturated carbocycles. The van der Waals surface area contributed by atoms with E-state index in [1.165, 1.54) is 18.2 Å². The highest BCUT2D eigenvalue weighted by atomic mass is 19.3. The number of H-pyrrole nitrogens is 1. The summed E-state index contributed by atoms with van der Waals surface area (Å²) < 4.78 is 33.6. The fourth-order valence-electron chi connectivity index (χ4n) is 2.52. The summed E-state index contributed by atoms with van der Waals surface area (Å²) >= 11 is 0. The minimum Gasteiger partial charge on any atom is -0.408 e. The second-order valence-corrected chi connectivity index (χ2v) is 4.85. The van der Waals surface area contributed by atoms with Gasteiger partial charge in [0.15, 0.2) is 5.58 Å². The van der Waals surface area contributed by atoms with Gasteiger partial charge >= 0.3 is 5.76 Å². The first kappa shape index (κ1) is 12.3. The molecule has 6 heteroatoms. The fourth-order valence-corrected chi connectivity index (χ4v) is 2.52. The lowest BCUT2D eigenvalue weighted by Gasteiger charge is -2.31. The first-order chi connectivity index (χ1) is 9.07. The lowest BCUT2D eigenvalue weighted by Crippen LogP contribution is -2.45. The SMILES string of the molecule is O=c1[nH]c2ccc(C(F)(F)C3CCCCN3)cc2o1. The normalized spacial score (nSPS) is 20.8. The Morgan fingerprint density at radius 2 is 2.16 bits per heavy atom. The van der Waals surface area contributed by atoms with Crippen LogP contribution in [0, 0.1) is 0 Å². The van der Waals surface area contributed by atoms with E-state index in [-0.39, 0.29) is 11.1 Å². The second-order valence-electron chi connectivity index (χ2n) is 4.85. The predicted molar refractivity (Wildman–Crippen MR) is 66.4 cm³/mol. The van der Waals surface area contributed by atoms with E-state index in [1.54, 1.807) is 0 Å². The standard InChI is InChI=1S/C13H14F2N2O2/c14-13(15,11-3-1-2-6-16-11)8-4-5-9-10(7-8)19-12(18)17-9/h4-5,7,11,16H,1-3,6H2,(H,17,18). The van der Waals surface area contributed by atoms with Crippen LogP contribution in [-0.2, 0) is 5.92 Å². The second kappa shape index (κ2) is 4.45. The third-order valence-electron chi connectivity index (χ3n) is 3.55. The minimum atomic E-state index is -2.97. The smallest absolute Gasteiger partial charge is 0.408 e. The largest absolute Gasteiger partial charge is 0.417 e. The molecular weight excluding hydrogens is 254 g/mol. The predicted octanol–water partition coefficient (Wildman–Crippen LogP) is 2.36. The van der Waals surface area contributed by atoms with E-state index in [9.17, 15) is 13.6 Å². The number of halogens is 2. The molecule has 1 aliphatic heterocycles. The van der Waals surface area contributed by atoms with Gasteiger partial charge in [0, 0.05) is 5.56 Å². The molecule has 1 atom stereocenters. The molecule has 1 aromatic heterocycles. The van der Waals surface area contributed by atoms with Crippen molar-refractivity contribution in [1.29, 1.82) is 0 Å². The van der Waals surface area contributed by atoms with Crippen molar-refractivity contribution in [3.63, 3.8) is 0 Å². The van der Waals surface area contributed by atoms with Gasteiger partial charge in [0.25, 0.3) is 5.92 Å². The number of fused-ring (bicyclic) bond motifs is 1. The quantitative estimate of drug-likeness (QED) is 0.879. The summed E-state index contributed by atoms with van der Waals surface area (Å²) in [7, 11) is 0. The topological polar surface area (TPSA) is 58.0 Å². The maximum atomic E-state index is 14.4. The Morgan fingerprint density at radius 3 is 2.89 bits per heavy atom. The van der Waals surface area contributed by atoms with Crippen LogP contribution in [0.3, 0.4) is 0 Å². The molecule has 4 nitrogen and oxygen atoms in total. The molecule has 0 bridgehead atoms. The highest BCUT2D eigenvalue weighted by Crippen LogP contribution is 2.36. The fraction of sp³-hybridized carbons (Fsp3) is 0.462. The summed E-state index contributed by atoms with van der Waals surface area (Å²) in [5.41, 5.74) is 0.473. The Kier molecular flexibility index (Phi) is 2.89. The summed E-state index contributed by atoms with van der Waals surface area (Å²) in [5, 5.41) is 2.86. The van der Waals surface area contributed by atoms with E-state index >= 15 is 0 Å². The van der Waals surface area contributed by atoms with E-state index in [0.29, 0.717) is 18.5 Å². The molecule has 1 aliphatic rings. The first-order valence-electron chi connectivity index (χ1n) is 6.32. The van der Waals surface area contributed by atoms with Crippen LogP contribution in [0.4, 0.5) is 8.78 Å². The zero-order valence-corrected chi connectivity index (χ0v) is 10.2. The Morgan fingerprint density at radius 1 is 1.32 bits per heavy atom. The van der Waals surface area contributed by atoms with E-state index in [2.05, 4.69) is 10.3 Å². The van der Waals surface area contributed by atoms with Crippen molar-refractivity contribution in [3.8, 4) is 0 Å². The summed E-state index contributed by atoms with van der Waals surface area (Å²) in [5.74, 6) is -3.60. The van der Waals surface area contributed by atoms with Crippen LogP contribution >= 0.6 is 0 Å². The van der Waals surface area contributed by atoms with Crippen molar-refractivity contribution in [2.45, 2.75) is 31.2 Å². The van der Waals surface area contributed by atoms with Gasteiger partial charge in [0.05, 0.1) is 11.6 Å². The highest BCUT2D eigenvalue weighted by Gasteiger charge is 2.41. The van der Waals surface area contributed by atoms with Crippen molar-refractivity contribution in [1.82, 2.24) is 10.3 Å². The molecular formula is C13H14F2N2O2. The van der Waals surface area contributed by atoms with Crippen LogP contribution in [0.25, 0.3) is 11.1 Å². The van der Waals surface area contributed by atoms with Gasteiger partial charge in [-0.05, 0) is 31.5 Å². The maximum absolute atomic E-state index is 14.4. The van der Waals surface area contributed by atoms with Gasteiger partial charge in [-0.15, -0.1) is 0 Å². The van der Waals surface area contributed by atoms with Crippen molar-refractivity contribution < 1.29 is 13.2 Å². The van der Waals surface area contributed by atoms with E-state index in [0.717, 1.165) is 12.8 Å². The van der Waals surface area contributed by atoms with E-state index in [4.69, 9.17) is 4.42 Å². The average Bonchev–Trinajstić information content (AvgIpc) is 2.78. The molecule has 102 valence electrons. The molecule has 0 radical (unpaired) electrons. The number of nitrogens with one attached hydrogen (secondary N) is 2. The molecule has 1 saturated heterocycles. The molecule has 1 unspecified atom stereocenters. The maximum Gasteiger partial charge on any atom is 0.417 e. The lowest BCUT2D eigenvalue weighted by molar-refractivity contribution is -0.0511. The average molecular weight is 268 g/mol. The molecule has 19 heavy (non-hydrogen) atoms. The number of hydrogen-bond donors (Lipinski definition) is 2. The number of piperidine rings is 1. The monoisotopic (exact) mass is 268 g/mol. The number of aromatic amines is 1. The number of aromatic nitrogens is 1. The number of rotatable bonds is 2. The lowest BCUT2D eigenvalue weighted by atomic mass is 9.94. The molecule has 0 aliphatic carbocycles. The van der Waals surface area contributed by atoms with Crippen LogP contribution in [0.2, 0.25) is 0 Å². The summed E-state index contributed by atoms with van der Waals surface area (Å²) in [6.45, 7) is 0.613. The molecule has 0 amide bonds. The molecule has 2 N–H and O–H groups in total. The molecule has 2 heterocycles. The zero-order chi connectivity index (χ0) is 13.5. The van der Waals surface area contributed by atoms with Crippen molar-refractivity contribution >= 4 is 11.1 Å². The third kappa shape index (κ3) is 2.16. The van der Waals surface area contributed by atoms with E-state index < -0.39 is 17.7 Å². The number of benzene rings is 1. The van der Waals surface area contributed by atoms with Crippen LogP contribution in [0.5, 0.6) is 0 Å². The Hall–Kier alpha value is -1.69. The van der Waals surface area contributed by atoms with Crippen LogP contribution < -0.4 is 11.1 Å². The molecule has 1 aromatic carbocycles. The minimum absolute atomic E-state index is 0.123. The van der Waals surface area contributed by atoms with Gasteiger partial charge < -0.3 is 9.73 Å². The van der Waals surface area contributed by atoms with Gasteiger partial charge in [0.1, 0.15) is 0 Å². The number of hydrogen-bond acceptors (Lipinski definition) is 3. The molecule has 2 aromatic rings. The van der Waals surface area contributed by atoms with Crippen LogP contribution in [0.15, 0.2) is 27.4 Å². The first-order valence-corrected chi connectivity index (χ1v) is 6.32. The van der Waals surface area contributed by atoms with Crippen molar-refractivity contribution in [3.05, 3.63) is 34.3 Å². The van der Waals surface area contributed by atoms with Gasteiger partial charge in [0.2, 0.25) is 0 Å². The highest BCUT2D eigenvalue weighted by molar-refractivity contribution is 5.73. The molecule has 3 rings (SSSR count). The Bertz CT molecular complexity index is 641. The van der Waals surface area contributed by atoms with Gasteiger partial charge in [-0.1, -0.05) is 12.5 Å². The zero-order valence-electron chi connectivity index (χ0n) is 10.2. The Labute approximate surface area is 107 Å². The van der Waals surface area contributed by atoms with Crippen LogP contribution in [0.1, 0.15) is 24.8 Å².